The number of hydrogen-bond acceptors (Lipinski definition) is 4. The van der Waals surface area contributed by atoms with Gasteiger partial charge < -0.3 is 20.6 Å². The number of nitrogens with one attached hydrogen (secondary N) is 1. The molecule has 0 aliphatic heterocycles. The largest absolute Gasteiger partial charge is 0.394 e. The van der Waals surface area contributed by atoms with E-state index in [1.807, 2.05) is 6.08 Å². The monoisotopic (exact) mass is 634 g/mol. The fraction of sp³-hybridized carbons (Fsp3) is 0.825. The van der Waals surface area contributed by atoms with Gasteiger partial charge in [0.25, 0.3) is 0 Å². The Morgan fingerprint density at radius 1 is 0.556 bits per heavy atom. The minimum absolute atomic E-state index is 0.00444. The zero-order chi connectivity index (χ0) is 33.1. The third kappa shape index (κ3) is 32.3. The first-order valence-corrected chi connectivity index (χ1v) is 19.3. The smallest absolute Gasteiger partial charge is 0.222 e. The summed E-state index contributed by atoms with van der Waals surface area (Å²) in [5, 5.41) is 33.0. The van der Waals surface area contributed by atoms with Crippen molar-refractivity contribution in [3.8, 4) is 0 Å². The molecule has 45 heavy (non-hydrogen) atoms. The van der Waals surface area contributed by atoms with Crippen LogP contribution in [-0.2, 0) is 4.79 Å². The minimum Gasteiger partial charge on any atom is -0.394 e. The molecule has 3 unspecified atom stereocenters. The van der Waals surface area contributed by atoms with E-state index >= 15 is 0 Å². The Morgan fingerprint density at radius 3 is 1.42 bits per heavy atom. The number of aliphatic hydroxyl groups excluding tert-OH is 3. The van der Waals surface area contributed by atoms with E-state index in [1.54, 1.807) is 6.08 Å². The molecule has 0 aromatic rings. The maximum atomic E-state index is 12.4. The predicted molar refractivity (Wildman–Crippen MR) is 194 cm³/mol. The van der Waals surface area contributed by atoms with E-state index < -0.39 is 18.2 Å². The first-order valence-electron chi connectivity index (χ1n) is 19.3. The standard InChI is InChI=1S/C40H75NO4/c1-3-5-7-9-11-13-15-17-19-21-23-25-27-29-31-33-37(43)35-40(45)41-38(36-42)39(44)34-32-30-28-26-24-22-20-18-16-14-12-10-8-6-4-2/h16,18,24,26,32,34,37-39,42-44H,3-15,17,19-23,25,27-31,33,35-36H2,1-2H3,(H,41,45)/b18-16+,26-24+,34-32+. The van der Waals surface area contributed by atoms with Gasteiger partial charge in [0.1, 0.15) is 0 Å². The van der Waals surface area contributed by atoms with E-state index in [4.69, 9.17) is 0 Å². The minimum atomic E-state index is -0.956. The third-order valence-corrected chi connectivity index (χ3v) is 8.66. The molecule has 0 bridgehead atoms. The number of hydrogen-bond donors (Lipinski definition) is 4. The Labute approximate surface area is 279 Å². The van der Waals surface area contributed by atoms with Crippen molar-refractivity contribution in [1.29, 1.82) is 0 Å². The predicted octanol–water partition coefficient (Wildman–Crippen LogP) is 10.4. The van der Waals surface area contributed by atoms with Crippen molar-refractivity contribution in [3.05, 3.63) is 36.5 Å². The average Bonchev–Trinajstić information content (AvgIpc) is 3.03. The average molecular weight is 634 g/mol. The highest BCUT2D eigenvalue weighted by atomic mass is 16.3. The van der Waals surface area contributed by atoms with Crippen molar-refractivity contribution >= 4 is 5.91 Å². The number of allylic oxidation sites excluding steroid dienone is 5. The molecule has 0 aliphatic carbocycles. The van der Waals surface area contributed by atoms with Gasteiger partial charge in [-0.3, -0.25) is 4.79 Å². The van der Waals surface area contributed by atoms with Crippen molar-refractivity contribution in [3.63, 3.8) is 0 Å². The van der Waals surface area contributed by atoms with Gasteiger partial charge in [-0.2, -0.15) is 0 Å². The van der Waals surface area contributed by atoms with E-state index in [2.05, 4.69) is 43.5 Å². The van der Waals surface area contributed by atoms with Crippen LogP contribution in [0.2, 0.25) is 0 Å². The van der Waals surface area contributed by atoms with Crippen LogP contribution in [0.3, 0.4) is 0 Å². The van der Waals surface area contributed by atoms with Gasteiger partial charge in [0.05, 0.1) is 31.3 Å². The van der Waals surface area contributed by atoms with Crippen molar-refractivity contribution in [2.24, 2.45) is 0 Å². The van der Waals surface area contributed by atoms with Gasteiger partial charge in [-0.25, -0.2) is 0 Å². The van der Waals surface area contributed by atoms with Crippen LogP contribution in [-0.4, -0.2) is 46.1 Å². The quantitative estimate of drug-likeness (QED) is 0.0419. The zero-order valence-electron chi connectivity index (χ0n) is 29.7. The second-order valence-corrected chi connectivity index (χ2v) is 13.2. The van der Waals surface area contributed by atoms with Gasteiger partial charge in [0.15, 0.2) is 0 Å². The van der Waals surface area contributed by atoms with Crippen LogP contribution in [0.4, 0.5) is 0 Å². The second-order valence-electron chi connectivity index (χ2n) is 13.2. The van der Waals surface area contributed by atoms with Crippen LogP contribution in [0, 0.1) is 0 Å². The molecule has 0 aromatic heterocycles. The third-order valence-electron chi connectivity index (χ3n) is 8.66. The topological polar surface area (TPSA) is 89.8 Å². The number of aliphatic hydroxyl groups is 3. The lowest BCUT2D eigenvalue weighted by Crippen LogP contribution is -2.45. The summed E-state index contributed by atoms with van der Waals surface area (Å²) in [5.41, 5.74) is 0. The summed E-state index contributed by atoms with van der Waals surface area (Å²) in [6.45, 7) is 4.17. The molecule has 0 heterocycles. The second kappa shape index (κ2) is 35.4. The van der Waals surface area contributed by atoms with E-state index in [-0.39, 0.29) is 18.9 Å². The Balaban J connectivity index is 3.78. The number of carbonyl (C=O) groups is 1. The van der Waals surface area contributed by atoms with Crippen molar-refractivity contribution < 1.29 is 20.1 Å². The van der Waals surface area contributed by atoms with Crippen LogP contribution in [0.5, 0.6) is 0 Å². The van der Waals surface area contributed by atoms with Crippen LogP contribution >= 0.6 is 0 Å². The van der Waals surface area contributed by atoms with Crippen molar-refractivity contribution in [2.75, 3.05) is 6.61 Å². The maximum Gasteiger partial charge on any atom is 0.222 e. The molecule has 0 rings (SSSR count). The van der Waals surface area contributed by atoms with Gasteiger partial charge in [-0.05, 0) is 44.9 Å². The highest BCUT2D eigenvalue weighted by Crippen LogP contribution is 2.15. The highest BCUT2D eigenvalue weighted by molar-refractivity contribution is 5.76. The molecule has 0 saturated heterocycles. The normalized spacial score (nSPS) is 14.2. The summed E-state index contributed by atoms with van der Waals surface area (Å²) < 4.78 is 0. The molecule has 5 heteroatoms. The van der Waals surface area contributed by atoms with E-state index in [0.717, 1.165) is 38.5 Å². The maximum absolute atomic E-state index is 12.4. The molecular weight excluding hydrogens is 558 g/mol. The van der Waals surface area contributed by atoms with Crippen molar-refractivity contribution in [1.82, 2.24) is 5.32 Å². The SMILES string of the molecule is CCCCCCC/C=C/CC/C=C/CC/C=C/C(O)C(CO)NC(=O)CC(O)CCCCCCCCCCCCCCCCC. The summed E-state index contributed by atoms with van der Waals surface area (Å²) in [6.07, 6.45) is 42.7. The Kier molecular flexibility index (Phi) is 34.3. The number of rotatable bonds is 34. The van der Waals surface area contributed by atoms with E-state index in [1.165, 1.54) is 122 Å². The lowest BCUT2D eigenvalue weighted by atomic mass is 10.0. The fourth-order valence-corrected chi connectivity index (χ4v) is 5.66. The molecule has 3 atom stereocenters. The number of amides is 1. The van der Waals surface area contributed by atoms with Crippen LogP contribution in [0.1, 0.15) is 187 Å². The molecular formula is C40H75NO4. The Bertz CT molecular complexity index is 704. The van der Waals surface area contributed by atoms with Gasteiger partial charge in [-0.1, -0.05) is 172 Å². The summed E-state index contributed by atoms with van der Waals surface area (Å²) in [5.74, 6) is -0.330. The number of unbranched alkanes of at least 4 members (excludes halogenated alkanes) is 21. The molecule has 5 nitrogen and oxygen atoms in total. The Morgan fingerprint density at radius 2 is 0.956 bits per heavy atom. The molecule has 264 valence electrons. The molecule has 0 fully saturated rings. The summed E-state index contributed by atoms with van der Waals surface area (Å²) in [6, 6.07) is -0.763. The molecule has 4 N–H and O–H groups in total. The van der Waals surface area contributed by atoms with Gasteiger partial charge in [0.2, 0.25) is 5.91 Å². The zero-order valence-corrected chi connectivity index (χ0v) is 29.7. The molecule has 0 aliphatic rings. The fourth-order valence-electron chi connectivity index (χ4n) is 5.66. The van der Waals surface area contributed by atoms with Crippen LogP contribution < -0.4 is 5.32 Å². The highest BCUT2D eigenvalue weighted by Gasteiger charge is 2.20. The first-order chi connectivity index (χ1) is 22.0. The van der Waals surface area contributed by atoms with Gasteiger partial charge in [-0.15, -0.1) is 0 Å². The lowest BCUT2D eigenvalue weighted by molar-refractivity contribution is -0.124. The van der Waals surface area contributed by atoms with Crippen LogP contribution in [0.25, 0.3) is 0 Å². The number of carbonyl (C=O) groups excluding carboxylic acids is 1. The van der Waals surface area contributed by atoms with Crippen LogP contribution in [0.15, 0.2) is 36.5 Å². The molecule has 0 aromatic carbocycles. The first kappa shape index (κ1) is 43.6. The molecule has 0 radical (unpaired) electrons. The summed E-state index contributed by atoms with van der Waals surface area (Å²) >= 11 is 0. The summed E-state index contributed by atoms with van der Waals surface area (Å²) in [4.78, 5) is 12.4. The van der Waals surface area contributed by atoms with E-state index in [0.29, 0.717) is 6.42 Å². The van der Waals surface area contributed by atoms with Gasteiger partial charge >= 0.3 is 0 Å². The molecule has 0 saturated carbocycles. The Hall–Kier alpha value is -1.43. The van der Waals surface area contributed by atoms with Gasteiger partial charge in [0, 0.05) is 0 Å². The van der Waals surface area contributed by atoms with Crippen molar-refractivity contribution in [2.45, 2.75) is 205 Å². The molecule has 1 amide bonds. The van der Waals surface area contributed by atoms with E-state index in [9.17, 15) is 20.1 Å². The lowest BCUT2D eigenvalue weighted by Gasteiger charge is -2.21. The molecule has 0 spiro atoms. The summed E-state index contributed by atoms with van der Waals surface area (Å²) in [7, 11) is 0.